The molecule has 25 heavy (non-hydrogen) atoms. The van der Waals surface area contributed by atoms with E-state index in [9.17, 15) is 13.6 Å². The van der Waals surface area contributed by atoms with Gasteiger partial charge in [-0.1, -0.05) is 12.1 Å². The quantitative estimate of drug-likeness (QED) is 0.845. The third-order valence-corrected chi connectivity index (χ3v) is 4.29. The standard InChI is InChI=1S/C19H28F2N2O2/c1-12-6-7-14(17(21)16(12)20)10-15(18(24)25-19(3,4)5)23-9-8-22-13(2)11-23/h6-7,13,15,22H,8-11H2,1-5H3/t13-,15-/m0/s1. The van der Waals surface area contributed by atoms with Crippen LogP contribution >= 0.6 is 0 Å². The van der Waals surface area contributed by atoms with Gasteiger partial charge in [-0.15, -0.1) is 0 Å². The molecule has 0 spiro atoms. The Balaban J connectivity index is 2.28. The van der Waals surface area contributed by atoms with Crippen molar-refractivity contribution in [2.24, 2.45) is 0 Å². The van der Waals surface area contributed by atoms with E-state index < -0.39 is 29.2 Å². The monoisotopic (exact) mass is 354 g/mol. The molecule has 1 fully saturated rings. The van der Waals surface area contributed by atoms with E-state index >= 15 is 0 Å². The molecular formula is C19H28F2N2O2. The first-order valence-electron chi connectivity index (χ1n) is 8.72. The first kappa shape index (κ1) is 19.8. The van der Waals surface area contributed by atoms with E-state index in [0.717, 1.165) is 6.54 Å². The van der Waals surface area contributed by atoms with Crippen molar-refractivity contribution < 1.29 is 18.3 Å². The number of ether oxygens (including phenoxy) is 1. The zero-order valence-electron chi connectivity index (χ0n) is 15.7. The van der Waals surface area contributed by atoms with Crippen LogP contribution in [0.5, 0.6) is 0 Å². The SMILES string of the molecule is Cc1ccc(C[C@@H](C(=O)OC(C)(C)C)N2CCN[C@@H](C)C2)c(F)c1F. The number of piperazine rings is 1. The summed E-state index contributed by atoms with van der Waals surface area (Å²) < 4.78 is 33.8. The second-order valence-electron chi connectivity index (χ2n) is 7.77. The van der Waals surface area contributed by atoms with Gasteiger partial charge in [-0.2, -0.15) is 0 Å². The van der Waals surface area contributed by atoms with E-state index in [1.165, 1.54) is 6.92 Å². The zero-order valence-corrected chi connectivity index (χ0v) is 15.7. The molecule has 0 aromatic heterocycles. The maximum absolute atomic E-state index is 14.3. The van der Waals surface area contributed by atoms with Crippen molar-refractivity contribution in [2.75, 3.05) is 19.6 Å². The third kappa shape index (κ3) is 5.22. The van der Waals surface area contributed by atoms with E-state index in [2.05, 4.69) is 5.32 Å². The summed E-state index contributed by atoms with van der Waals surface area (Å²) in [4.78, 5) is 14.7. The molecule has 1 aliphatic heterocycles. The summed E-state index contributed by atoms with van der Waals surface area (Å²) in [5.41, 5.74) is -0.178. The minimum Gasteiger partial charge on any atom is -0.459 e. The summed E-state index contributed by atoms with van der Waals surface area (Å²) in [6.07, 6.45) is 0.0880. The van der Waals surface area contributed by atoms with Gasteiger partial charge in [0.25, 0.3) is 0 Å². The normalized spacial score (nSPS) is 20.4. The van der Waals surface area contributed by atoms with Crippen LogP contribution in [0.15, 0.2) is 12.1 Å². The van der Waals surface area contributed by atoms with E-state index in [1.54, 1.807) is 32.9 Å². The summed E-state index contributed by atoms with van der Waals surface area (Å²) in [5, 5.41) is 3.32. The van der Waals surface area contributed by atoms with Gasteiger partial charge in [-0.05, 0) is 45.7 Å². The van der Waals surface area contributed by atoms with Crippen LogP contribution in [0.1, 0.15) is 38.8 Å². The number of hydrogen-bond acceptors (Lipinski definition) is 4. The Morgan fingerprint density at radius 3 is 2.64 bits per heavy atom. The molecule has 140 valence electrons. The van der Waals surface area contributed by atoms with Crippen LogP contribution in [0.25, 0.3) is 0 Å². The lowest BCUT2D eigenvalue weighted by Gasteiger charge is -2.37. The van der Waals surface area contributed by atoms with Crippen LogP contribution in [-0.2, 0) is 16.0 Å². The number of halogens is 2. The van der Waals surface area contributed by atoms with Crippen LogP contribution in [0.3, 0.4) is 0 Å². The van der Waals surface area contributed by atoms with Crippen molar-refractivity contribution in [2.45, 2.75) is 58.7 Å². The van der Waals surface area contributed by atoms with Crippen LogP contribution in [-0.4, -0.2) is 48.2 Å². The maximum atomic E-state index is 14.3. The second-order valence-corrected chi connectivity index (χ2v) is 7.77. The minimum atomic E-state index is -0.878. The van der Waals surface area contributed by atoms with Gasteiger partial charge >= 0.3 is 5.97 Å². The van der Waals surface area contributed by atoms with Gasteiger partial charge in [0.2, 0.25) is 0 Å². The van der Waals surface area contributed by atoms with Crippen molar-refractivity contribution in [3.05, 3.63) is 34.9 Å². The molecule has 1 aliphatic rings. The number of hydrogen-bond donors (Lipinski definition) is 1. The molecule has 6 heteroatoms. The first-order valence-corrected chi connectivity index (χ1v) is 8.72. The Morgan fingerprint density at radius 2 is 2.04 bits per heavy atom. The lowest BCUT2D eigenvalue weighted by atomic mass is 10.0. The molecule has 1 aromatic rings. The number of carbonyl (C=O) groups excluding carboxylic acids is 1. The molecule has 2 atom stereocenters. The summed E-state index contributed by atoms with van der Waals surface area (Å²) in [6, 6.07) is 2.68. The molecule has 2 rings (SSSR count). The van der Waals surface area contributed by atoms with Crippen molar-refractivity contribution >= 4 is 5.97 Å². The predicted molar refractivity (Wildman–Crippen MR) is 93.5 cm³/mol. The Bertz CT molecular complexity index is 629. The van der Waals surface area contributed by atoms with E-state index in [0.29, 0.717) is 13.1 Å². The van der Waals surface area contributed by atoms with Gasteiger partial charge < -0.3 is 10.1 Å². The third-order valence-electron chi connectivity index (χ3n) is 4.29. The summed E-state index contributed by atoms with van der Waals surface area (Å²) in [6.45, 7) is 11.0. The zero-order chi connectivity index (χ0) is 18.8. The molecule has 0 bridgehead atoms. The average Bonchev–Trinajstić information content (AvgIpc) is 2.50. The predicted octanol–water partition coefficient (Wildman–Crippen LogP) is 2.82. The number of aryl methyl sites for hydroxylation is 1. The molecule has 1 aromatic carbocycles. The Kier molecular flexibility index (Phi) is 6.16. The van der Waals surface area contributed by atoms with Gasteiger partial charge in [-0.25, -0.2) is 8.78 Å². The summed E-state index contributed by atoms with van der Waals surface area (Å²) >= 11 is 0. The van der Waals surface area contributed by atoms with Crippen LogP contribution < -0.4 is 5.32 Å². The molecule has 0 amide bonds. The second kappa shape index (κ2) is 7.79. The van der Waals surface area contributed by atoms with Gasteiger partial charge in [0.05, 0.1) is 0 Å². The fourth-order valence-electron chi connectivity index (χ4n) is 3.03. The van der Waals surface area contributed by atoms with Gasteiger partial charge in [0.1, 0.15) is 11.6 Å². The molecule has 0 unspecified atom stereocenters. The topological polar surface area (TPSA) is 41.6 Å². The number of nitrogens with zero attached hydrogens (tertiary/aromatic N) is 1. The minimum absolute atomic E-state index is 0.0880. The van der Waals surface area contributed by atoms with E-state index in [1.807, 2.05) is 11.8 Å². The Hall–Kier alpha value is -1.53. The van der Waals surface area contributed by atoms with Crippen molar-refractivity contribution in [3.63, 3.8) is 0 Å². The number of esters is 1. The smallest absolute Gasteiger partial charge is 0.324 e. The molecule has 0 aliphatic carbocycles. The van der Waals surface area contributed by atoms with Crippen LogP contribution in [0, 0.1) is 18.6 Å². The lowest BCUT2D eigenvalue weighted by molar-refractivity contribution is -0.162. The van der Waals surface area contributed by atoms with E-state index in [-0.39, 0.29) is 23.6 Å². The number of rotatable bonds is 4. The van der Waals surface area contributed by atoms with Gasteiger partial charge in [0, 0.05) is 32.1 Å². The molecule has 0 saturated carbocycles. The fourth-order valence-corrected chi connectivity index (χ4v) is 3.03. The number of benzene rings is 1. The highest BCUT2D eigenvalue weighted by Gasteiger charge is 2.33. The van der Waals surface area contributed by atoms with Crippen LogP contribution in [0.2, 0.25) is 0 Å². The average molecular weight is 354 g/mol. The summed E-state index contributed by atoms with van der Waals surface area (Å²) in [5.74, 6) is -2.13. The molecule has 0 radical (unpaired) electrons. The van der Waals surface area contributed by atoms with Crippen LogP contribution in [0.4, 0.5) is 8.78 Å². The van der Waals surface area contributed by atoms with Crippen molar-refractivity contribution in [1.29, 1.82) is 0 Å². The molecule has 1 N–H and O–H groups in total. The van der Waals surface area contributed by atoms with Gasteiger partial charge in [0.15, 0.2) is 11.6 Å². The maximum Gasteiger partial charge on any atom is 0.324 e. The van der Waals surface area contributed by atoms with E-state index in [4.69, 9.17) is 4.74 Å². The first-order chi connectivity index (χ1) is 11.6. The Morgan fingerprint density at radius 1 is 1.36 bits per heavy atom. The largest absolute Gasteiger partial charge is 0.459 e. The molecule has 4 nitrogen and oxygen atoms in total. The highest BCUT2D eigenvalue weighted by Crippen LogP contribution is 2.21. The lowest BCUT2D eigenvalue weighted by Crippen LogP contribution is -2.56. The molecule has 1 saturated heterocycles. The van der Waals surface area contributed by atoms with Gasteiger partial charge in [-0.3, -0.25) is 9.69 Å². The highest BCUT2D eigenvalue weighted by molar-refractivity contribution is 5.76. The molecule has 1 heterocycles. The number of nitrogens with one attached hydrogen (secondary N) is 1. The van der Waals surface area contributed by atoms with Crippen molar-refractivity contribution in [1.82, 2.24) is 10.2 Å². The molecular weight excluding hydrogens is 326 g/mol. The highest BCUT2D eigenvalue weighted by atomic mass is 19.2. The Labute approximate surface area is 148 Å². The summed E-state index contributed by atoms with van der Waals surface area (Å²) in [7, 11) is 0. The van der Waals surface area contributed by atoms with Crippen molar-refractivity contribution in [3.8, 4) is 0 Å². The number of carbonyl (C=O) groups is 1. The fraction of sp³-hybridized carbons (Fsp3) is 0.632.